The molecule has 2 N–H and O–H groups in total. The number of benzene rings is 1. The van der Waals surface area contributed by atoms with Crippen molar-refractivity contribution < 1.29 is 8.42 Å². The summed E-state index contributed by atoms with van der Waals surface area (Å²) < 4.78 is 27.4. The first-order valence-corrected chi connectivity index (χ1v) is 8.61. The van der Waals surface area contributed by atoms with Gasteiger partial charge in [-0.15, -0.1) is 0 Å². The van der Waals surface area contributed by atoms with Crippen molar-refractivity contribution in [2.24, 2.45) is 0 Å². The summed E-state index contributed by atoms with van der Waals surface area (Å²) in [6.07, 6.45) is 1.91. The van der Waals surface area contributed by atoms with Gasteiger partial charge in [0.25, 0.3) is 0 Å². The summed E-state index contributed by atoms with van der Waals surface area (Å²) in [7, 11) is -3.41. The van der Waals surface area contributed by atoms with E-state index in [1.165, 1.54) is 0 Å². The number of nitrogens with one attached hydrogen (secondary N) is 2. The van der Waals surface area contributed by atoms with Crippen LogP contribution in [0.15, 0.2) is 29.2 Å². The van der Waals surface area contributed by atoms with Crippen LogP contribution in [-0.4, -0.2) is 27.5 Å². The molecule has 0 saturated carbocycles. The minimum atomic E-state index is -3.41. The molecule has 4 nitrogen and oxygen atoms in total. The maximum absolute atomic E-state index is 12.3. The molecule has 5 heteroatoms. The second kappa shape index (κ2) is 5.84. The predicted molar refractivity (Wildman–Crippen MR) is 81.4 cm³/mol. The smallest absolute Gasteiger partial charge is 0.240 e. The van der Waals surface area contributed by atoms with Crippen molar-refractivity contribution in [1.82, 2.24) is 10.0 Å². The van der Waals surface area contributed by atoms with Crippen molar-refractivity contribution in [3.8, 4) is 0 Å². The van der Waals surface area contributed by atoms with Crippen LogP contribution < -0.4 is 10.0 Å². The lowest BCUT2D eigenvalue weighted by atomic mass is 9.87. The highest BCUT2D eigenvalue weighted by molar-refractivity contribution is 7.89. The van der Waals surface area contributed by atoms with Crippen LogP contribution in [0.2, 0.25) is 0 Å². The first-order chi connectivity index (χ1) is 9.29. The highest BCUT2D eigenvalue weighted by Gasteiger charge is 2.22. The fourth-order valence-electron chi connectivity index (χ4n) is 2.37. The number of hydrogen-bond donors (Lipinski definition) is 2. The zero-order valence-corrected chi connectivity index (χ0v) is 13.3. The van der Waals surface area contributed by atoms with Crippen molar-refractivity contribution in [3.63, 3.8) is 0 Å². The Kier molecular flexibility index (Phi) is 4.52. The first kappa shape index (κ1) is 15.5. The van der Waals surface area contributed by atoms with Gasteiger partial charge in [0, 0.05) is 12.6 Å². The third kappa shape index (κ3) is 3.81. The van der Waals surface area contributed by atoms with Crippen molar-refractivity contribution in [2.45, 2.75) is 50.0 Å². The molecule has 20 heavy (non-hydrogen) atoms. The minimum absolute atomic E-state index is 0.00366. The molecule has 0 aromatic heterocycles. The Hall–Kier alpha value is -0.910. The maximum Gasteiger partial charge on any atom is 0.240 e. The number of sulfonamides is 1. The van der Waals surface area contributed by atoms with Crippen LogP contribution in [0.4, 0.5) is 0 Å². The largest absolute Gasteiger partial charge is 0.315 e. The highest BCUT2D eigenvalue weighted by Crippen LogP contribution is 2.23. The van der Waals surface area contributed by atoms with Gasteiger partial charge in [0.1, 0.15) is 0 Å². The van der Waals surface area contributed by atoms with Crippen LogP contribution in [-0.2, 0) is 15.4 Å². The number of hydrogen-bond acceptors (Lipinski definition) is 3. The molecule has 0 radical (unpaired) electrons. The normalized spacial score (nSPS) is 20.9. The molecular formula is C15H24N2O2S. The molecule has 1 aliphatic heterocycles. The lowest BCUT2D eigenvalue weighted by molar-refractivity contribution is 0.428. The van der Waals surface area contributed by atoms with Gasteiger partial charge in [-0.2, -0.15) is 0 Å². The quantitative estimate of drug-likeness (QED) is 0.897. The fraction of sp³-hybridized carbons (Fsp3) is 0.600. The zero-order valence-electron chi connectivity index (χ0n) is 12.4. The summed E-state index contributed by atoms with van der Waals surface area (Å²) in [5.41, 5.74) is 1.17. The van der Waals surface area contributed by atoms with Gasteiger partial charge in [-0.25, -0.2) is 13.1 Å². The van der Waals surface area contributed by atoms with Gasteiger partial charge in [0.05, 0.1) is 4.90 Å². The van der Waals surface area contributed by atoms with Crippen LogP contribution in [0.3, 0.4) is 0 Å². The van der Waals surface area contributed by atoms with E-state index in [0.717, 1.165) is 24.9 Å². The summed E-state index contributed by atoms with van der Waals surface area (Å²) in [5.74, 6) is 0. The third-order valence-corrected chi connectivity index (χ3v) is 5.19. The average Bonchev–Trinajstić information content (AvgIpc) is 2.38. The van der Waals surface area contributed by atoms with Gasteiger partial charge in [-0.05, 0) is 42.5 Å². The Balaban J connectivity index is 2.13. The summed E-state index contributed by atoms with van der Waals surface area (Å²) in [6, 6.07) is 7.18. The Morgan fingerprint density at radius 1 is 1.20 bits per heavy atom. The van der Waals surface area contributed by atoms with Crippen LogP contribution in [0, 0.1) is 0 Å². The van der Waals surface area contributed by atoms with Crippen molar-refractivity contribution in [1.29, 1.82) is 0 Å². The Morgan fingerprint density at radius 3 is 2.35 bits per heavy atom. The Labute approximate surface area is 122 Å². The Bertz CT molecular complexity index is 538. The predicted octanol–water partition coefficient (Wildman–Crippen LogP) is 2.01. The molecule has 1 atom stereocenters. The van der Waals surface area contributed by atoms with E-state index in [9.17, 15) is 8.42 Å². The summed E-state index contributed by atoms with van der Waals surface area (Å²) in [5, 5.41) is 3.21. The maximum atomic E-state index is 12.3. The van der Waals surface area contributed by atoms with E-state index < -0.39 is 10.0 Å². The van der Waals surface area contributed by atoms with Gasteiger partial charge in [0.2, 0.25) is 10.0 Å². The van der Waals surface area contributed by atoms with E-state index in [-0.39, 0.29) is 11.5 Å². The monoisotopic (exact) mass is 296 g/mol. The van der Waals surface area contributed by atoms with E-state index >= 15 is 0 Å². The van der Waals surface area contributed by atoms with Gasteiger partial charge in [0.15, 0.2) is 0 Å². The van der Waals surface area contributed by atoms with E-state index in [1.54, 1.807) is 12.1 Å². The lowest BCUT2D eigenvalue weighted by Gasteiger charge is -2.24. The van der Waals surface area contributed by atoms with Crippen LogP contribution in [0.5, 0.6) is 0 Å². The molecule has 0 unspecified atom stereocenters. The molecule has 2 rings (SSSR count). The Morgan fingerprint density at radius 2 is 1.85 bits per heavy atom. The molecular weight excluding hydrogens is 272 g/mol. The summed E-state index contributed by atoms with van der Waals surface area (Å²) >= 11 is 0. The van der Waals surface area contributed by atoms with E-state index in [0.29, 0.717) is 11.4 Å². The molecule has 0 amide bonds. The van der Waals surface area contributed by atoms with Gasteiger partial charge in [-0.3, -0.25) is 0 Å². The van der Waals surface area contributed by atoms with Crippen molar-refractivity contribution in [2.75, 3.05) is 13.1 Å². The average molecular weight is 296 g/mol. The van der Waals surface area contributed by atoms with Crippen LogP contribution >= 0.6 is 0 Å². The number of piperidine rings is 1. The highest BCUT2D eigenvalue weighted by atomic mass is 32.2. The molecule has 1 aliphatic rings. The van der Waals surface area contributed by atoms with Gasteiger partial charge in [-0.1, -0.05) is 32.9 Å². The van der Waals surface area contributed by atoms with Crippen LogP contribution in [0.1, 0.15) is 39.2 Å². The summed E-state index contributed by atoms with van der Waals surface area (Å²) in [6.45, 7) is 8.02. The second-order valence-electron chi connectivity index (χ2n) is 6.44. The van der Waals surface area contributed by atoms with E-state index in [1.807, 2.05) is 12.1 Å². The standard InChI is InChI=1S/C15H24N2O2S/c1-15(2,3)12-6-8-14(9-7-12)20(18,19)17-13-5-4-10-16-11-13/h6-9,13,16-17H,4-5,10-11H2,1-3H3/t13-/m0/s1. The molecule has 1 aromatic carbocycles. The third-order valence-electron chi connectivity index (χ3n) is 3.65. The molecule has 1 fully saturated rings. The lowest BCUT2D eigenvalue weighted by Crippen LogP contribution is -2.45. The minimum Gasteiger partial charge on any atom is -0.315 e. The molecule has 1 heterocycles. The molecule has 0 aliphatic carbocycles. The molecule has 0 bridgehead atoms. The molecule has 112 valence electrons. The molecule has 1 saturated heterocycles. The van der Waals surface area contributed by atoms with E-state index in [2.05, 4.69) is 30.8 Å². The summed E-state index contributed by atoms with van der Waals surface area (Å²) in [4.78, 5) is 0.344. The van der Waals surface area contributed by atoms with Crippen molar-refractivity contribution >= 4 is 10.0 Å². The van der Waals surface area contributed by atoms with Crippen LogP contribution in [0.25, 0.3) is 0 Å². The number of rotatable bonds is 3. The second-order valence-corrected chi connectivity index (χ2v) is 8.15. The zero-order chi connectivity index (χ0) is 14.8. The van der Waals surface area contributed by atoms with E-state index in [4.69, 9.17) is 0 Å². The topological polar surface area (TPSA) is 58.2 Å². The van der Waals surface area contributed by atoms with Crippen molar-refractivity contribution in [3.05, 3.63) is 29.8 Å². The molecule has 1 aromatic rings. The molecule has 0 spiro atoms. The SMILES string of the molecule is CC(C)(C)c1ccc(S(=O)(=O)N[C@H]2CCCNC2)cc1. The first-order valence-electron chi connectivity index (χ1n) is 7.13. The van der Waals surface area contributed by atoms with Gasteiger partial charge >= 0.3 is 0 Å². The van der Waals surface area contributed by atoms with Gasteiger partial charge < -0.3 is 5.32 Å². The fourth-order valence-corrected chi connectivity index (χ4v) is 3.64.